The quantitative estimate of drug-likeness (QED) is 0.667. The van der Waals surface area contributed by atoms with Gasteiger partial charge in [0.2, 0.25) is 10.0 Å². The summed E-state index contributed by atoms with van der Waals surface area (Å²) in [5.74, 6) is 0. The van der Waals surface area contributed by atoms with Crippen molar-refractivity contribution in [1.82, 2.24) is 14.6 Å². The molecule has 2 aliphatic carbocycles. The van der Waals surface area contributed by atoms with Crippen LogP contribution in [-0.2, 0) is 21.3 Å². The van der Waals surface area contributed by atoms with E-state index in [1.54, 1.807) is 19.4 Å². The Balaban J connectivity index is 1.73. The fraction of sp³-hybridized carbons (Fsp3) is 0.714. The van der Waals surface area contributed by atoms with E-state index in [2.05, 4.69) is 14.6 Å². The predicted molar refractivity (Wildman–Crippen MR) is 79.6 cm³/mol. The van der Waals surface area contributed by atoms with Crippen LogP contribution in [0.5, 0.6) is 0 Å². The highest BCUT2D eigenvalue weighted by Gasteiger charge is 2.29. The summed E-state index contributed by atoms with van der Waals surface area (Å²) in [6, 6.07) is 2.89. The van der Waals surface area contributed by atoms with Crippen molar-refractivity contribution >= 4 is 10.0 Å². The zero-order valence-electron chi connectivity index (χ0n) is 12.3. The van der Waals surface area contributed by atoms with Gasteiger partial charge in [-0.15, -0.1) is 0 Å². The molecule has 0 radical (unpaired) electrons. The highest BCUT2D eigenvalue weighted by Crippen LogP contribution is 2.37. The Morgan fingerprint density at radius 1 is 1.33 bits per heavy atom. The third kappa shape index (κ3) is 3.85. The lowest BCUT2D eigenvalue weighted by molar-refractivity contribution is 0.204. The molecule has 0 bridgehead atoms. The monoisotopic (exact) mass is 313 g/mol. The van der Waals surface area contributed by atoms with Crippen LogP contribution in [0, 0.1) is 0 Å². The second-order valence-electron chi connectivity index (χ2n) is 5.85. The molecule has 2 fully saturated rings. The summed E-state index contributed by atoms with van der Waals surface area (Å²) in [5, 5.41) is 3.46. The Morgan fingerprint density at radius 3 is 2.71 bits per heavy atom. The molecule has 2 N–H and O–H groups in total. The van der Waals surface area contributed by atoms with Gasteiger partial charge in [-0.05, 0) is 31.7 Å². The predicted octanol–water partition coefficient (Wildman–Crippen LogP) is 1.000. The lowest BCUT2D eigenvalue weighted by atomic mass is 10.4. The van der Waals surface area contributed by atoms with Crippen LogP contribution >= 0.6 is 0 Å². The third-order valence-corrected chi connectivity index (χ3v) is 5.33. The largest absolute Gasteiger partial charge is 0.383 e. The van der Waals surface area contributed by atoms with Gasteiger partial charge in [0.05, 0.1) is 11.5 Å². The fourth-order valence-corrected chi connectivity index (χ4v) is 3.44. The summed E-state index contributed by atoms with van der Waals surface area (Å²) in [6.07, 6.45) is 6.52. The lowest BCUT2D eigenvalue weighted by Gasteiger charge is -2.07. The molecule has 0 aliphatic heterocycles. The van der Waals surface area contributed by atoms with Crippen LogP contribution in [0.2, 0.25) is 0 Å². The minimum absolute atomic E-state index is 0.295. The van der Waals surface area contributed by atoms with Crippen molar-refractivity contribution in [1.29, 1.82) is 0 Å². The second-order valence-corrected chi connectivity index (χ2v) is 7.62. The minimum Gasteiger partial charge on any atom is -0.383 e. The Hall–Kier alpha value is -0.890. The smallest absolute Gasteiger partial charge is 0.242 e. The average Bonchev–Trinajstić information content (AvgIpc) is 3.36. The second kappa shape index (κ2) is 6.08. The van der Waals surface area contributed by atoms with Crippen LogP contribution in [0.3, 0.4) is 0 Å². The van der Waals surface area contributed by atoms with E-state index in [0.717, 1.165) is 25.1 Å². The summed E-state index contributed by atoms with van der Waals surface area (Å²) in [6.45, 7) is 1.41. The minimum atomic E-state index is -3.44. The standard InChI is InChI=1S/C14H23N3O3S/c1-20-7-6-16-21(18,19)14-8-13(9-15-11-2-3-11)17(10-14)12-4-5-12/h8,10-12,15-16H,2-7,9H2,1H3. The molecule has 21 heavy (non-hydrogen) atoms. The molecular formula is C14H23N3O3S. The van der Waals surface area contributed by atoms with Crippen LogP contribution in [0.25, 0.3) is 0 Å². The molecule has 0 amide bonds. The van der Waals surface area contributed by atoms with Crippen molar-refractivity contribution in [3.05, 3.63) is 18.0 Å². The maximum Gasteiger partial charge on any atom is 0.242 e. The van der Waals surface area contributed by atoms with Crippen molar-refractivity contribution in [2.75, 3.05) is 20.3 Å². The van der Waals surface area contributed by atoms with Crippen LogP contribution in [0.15, 0.2) is 17.2 Å². The number of ether oxygens (including phenoxy) is 1. The number of hydrogen-bond acceptors (Lipinski definition) is 4. The fourth-order valence-electron chi connectivity index (χ4n) is 2.38. The molecule has 1 aromatic heterocycles. The van der Waals surface area contributed by atoms with Crippen molar-refractivity contribution in [2.24, 2.45) is 0 Å². The summed E-state index contributed by atoms with van der Waals surface area (Å²) >= 11 is 0. The van der Waals surface area contributed by atoms with Crippen LogP contribution in [0.4, 0.5) is 0 Å². The Kier molecular flexibility index (Phi) is 4.35. The van der Waals surface area contributed by atoms with Crippen molar-refractivity contribution in [3.63, 3.8) is 0 Å². The molecule has 6 nitrogen and oxygen atoms in total. The normalized spacial score (nSPS) is 19.1. The maximum absolute atomic E-state index is 12.3. The molecule has 0 unspecified atom stereocenters. The number of rotatable bonds is 9. The van der Waals surface area contributed by atoms with Gasteiger partial charge in [-0.1, -0.05) is 0 Å². The van der Waals surface area contributed by atoms with Crippen molar-refractivity contribution in [2.45, 2.75) is 49.2 Å². The zero-order valence-corrected chi connectivity index (χ0v) is 13.2. The van der Waals surface area contributed by atoms with E-state index in [4.69, 9.17) is 4.74 Å². The first-order chi connectivity index (χ1) is 10.1. The number of nitrogens with one attached hydrogen (secondary N) is 2. The number of aromatic nitrogens is 1. The molecule has 1 heterocycles. The zero-order chi connectivity index (χ0) is 14.9. The first kappa shape index (κ1) is 15.0. The van der Waals surface area contributed by atoms with Gasteiger partial charge >= 0.3 is 0 Å². The molecule has 7 heteroatoms. The summed E-state index contributed by atoms with van der Waals surface area (Å²) in [4.78, 5) is 0.359. The lowest BCUT2D eigenvalue weighted by Crippen LogP contribution is -2.26. The Labute approximate surface area is 125 Å². The van der Waals surface area contributed by atoms with E-state index >= 15 is 0 Å². The van der Waals surface area contributed by atoms with Gasteiger partial charge in [-0.25, -0.2) is 13.1 Å². The summed E-state index contributed by atoms with van der Waals surface area (Å²) in [7, 11) is -1.89. The summed E-state index contributed by atoms with van der Waals surface area (Å²) < 4.78 is 34.1. The SMILES string of the molecule is COCCNS(=O)(=O)c1cc(CNC2CC2)n(C2CC2)c1. The number of nitrogens with zero attached hydrogens (tertiary/aromatic N) is 1. The highest BCUT2D eigenvalue weighted by atomic mass is 32.2. The molecule has 1 aromatic rings. The first-order valence-electron chi connectivity index (χ1n) is 7.53. The topological polar surface area (TPSA) is 72.4 Å². The van der Waals surface area contributed by atoms with E-state index in [1.165, 1.54) is 12.8 Å². The van der Waals surface area contributed by atoms with E-state index in [1.807, 2.05) is 0 Å². The van der Waals surface area contributed by atoms with Gasteiger partial charge in [-0.3, -0.25) is 0 Å². The molecule has 0 aromatic carbocycles. The molecule has 118 valence electrons. The molecule has 3 rings (SSSR count). The third-order valence-electron chi connectivity index (χ3n) is 3.90. The van der Waals surface area contributed by atoms with E-state index < -0.39 is 10.0 Å². The first-order valence-corrected chi connectivity index (χ1v) is 9.01. The van der Waals surface area contributed by atoms with Crippen LogP contribution < -0.4 is 10.0 Å². The van der Waals surface area contributed by atoms with E-state index in [0.29, 0.717) is 30.1 Å². The van der Waals surface area contributed by atoms with Gasteiger partial charge in [0.25, 0.3) is 0 Å². The Bertz CT molecular complexity index is 589. The number of sulfonamides is 1. The van der Waals surface area contributed by atoms with Gasteiger partial charge < -0.3 is 14.6 Å². The van der Waals surface area contributed by atoms with E-state index in [9.17, 15) is 8.42 Å². The van der Waals surface area contributed by atoms with Gasteiger partial charge in [-0.2, -0.15) is 0 Å². The molecule has 0 atom stereocenters. The van der Waals surface area contributed by atoms with Crippen LogP contribution in [-0.4, -0.2) is 39.3 Å². The summed E-state index contributed by atoms with van der Waals surface area (Å²) in [5.41, 5.74) is 1.07. The van der Waals surface area contributed by atoms with Crippen LogP contribution in [0.1, 0.15) is 37.4 Å². The molecular weight excluding hydrogens is 290 g/mol. The molecule has 0 saturated heterocycles. The maximum atomic E-state index is 12.3. The van der Waals surface area contributed by atoms with Gasteiger partial charge in [0.1, 0.15) is 0 Å². The highest BCUT2D eigenvalue weighted by molar-refractivity contribution is 7.89. The molecule has 2 saturated carbocycles. The van der Waals surface area contributed by atoms with Crippen molar-refractivity contribution < 1.29 is 13.2 Å². The van der Waals surface area contributed by atoms with Crippen molar-refractivity contribution in [3.8, 4) is 0 Å². The number of methoxy groups -OCH3 is 1. The Morgan fingerprint density at radius 2 is 2.10 bits per heavy atom. The average molecular weight is 313 g/mol. The number of hydrogen-bond donors (Lipinski definition) is 2. The van der Waals surface area contributed by atoms with Gasteiger partial charge in [0, 0.05) is 44.2 Å². The van der Waals surface area contributed by atoms with E-state index in [-0.39, 0.29) is 0 Å². The molecule has 0 spiro atoms. The molecule has 2 aliphatic rings. The van der Waals surface area contributed by atoms with Gasteiger partial charge in [0.15, 0.2) is 0 Å².